The van der Waals surface area contributed by atoms with Crippen LogP contribution in [0.4, 0.5) is 0 Å². The molecule has 0 N–H and O–H groups in total. The number of hydrogen-bond donors (Lipinski definition) is 0. The second-order valence-electron chi connectivity index (χ2n) is 8.11. The lowest BCUT2D eigenvalue weighted by Crippen LogP contribution is -2.47. The van der Waals surface area contributed by atoms with Crippen LogP contribution in [-0.4, -0.2) is 62.8 Å². The molecule has 2 fully saturated rings. The van der Waals surface area contributed by atoms with E-state index in [1.54, 1.807) is 14.2 Å². The molecule has 2 saturated heterocycles. The average Bonchev–Trinajstić information content (AvgIpc) is 3.10. The number of nitrogens with zero attached hydrogens (tertiary/aromatic N) is 2. The molecule has 2 aliphatic heterocycles. The smallest absolute Gasteiger partial charge is 0.118 e. The van der Waals surface area contributed by atoms with Gasteiger partial charge in [0.2, 0.25) is 0 Å². The Morgan fingerprint density at radius 2 is 1.75 bits per heavy atom. The van der Waals surface area contributed by atoms with Crippen LogP contribution in [-0.2, 0) is 11.3 Å². The van der Waals surface area contributed by atoms with E-state index >= 15 is 0 Å². The molecule has 2 aromatic rings. The van der Waals surface area contributed by atoms with E-state index in [1.165, 1.54) is 24.1 Å². The summed E-state index contributed by atoms with van der Waals surface area (Å²) < 4.78 is 10.7. The summed E-state index contributed by atoms with van der Waals surface area (Å²) in [4.78, 5) is 5.32. The first-order valence-corrected chi connectivity index (χ1v) is 10.4. The van der Waals surface area contributed by atoms with Gasteiger partial charge in [-0.25, -0.2) is 0 Å². The van der Waals surface area contributed by atoms with Gasteiger partial charge in [-0.15, -0.1) is 0 Å². The number of likely N-dealkylation sites (tertiary alicyclic amines) is 2. The Bertz CT molecular complexity index is 734. The fourth-order valence-corrected chi connectivity index (χ4v) is 5.04. The summed E-state index contributed by atoms with van der Waals surface area (Å²) in [6, 6.07) is 20.3. The zero-order valence-electron chi connectivity index (χ0n) is 17.1. The highest BCUT2D eigenvalue weighted by molar-refractivity contribution is 5.31. The van der Waals surface area contributed by atoms with Crippen LogP contribution in [0.2, 0.25) is 0 Å². The van der Waals surface area contributed by atoms with Crippen LogP contribution in [0.5, 0.6) is 5.75 Å². The average molecular weight is 381 g/mol. The maximum Gasteiger partial charge on any atom is 0.118 e. The number of fused-ring (bicyclic) bond motifs is 1. The fraction of sp³-hybridized carbons (Fsp3) is 0.500. The van der Waals surface area contributed by atoms with Gasteiger partial charge in [-0.2, -0.15) is 0 Å². The van der Waals surface area contributed by atoms with E-state index < -0.39 is 0 Å². The molecule has 2 aliphatic rings. The fourth-order valence-electron chi connectivity index (χ4n) is 5.04. The van der Waals surface area contributed by atoms with E-state index in [0.717, 1.165) is 38.5 Å². The number of piperidine rings is 1. The molecule has 2 aromatic carbocycles. The Morgan fingerprint density at radius 3 is 2.46 bits per heavy atom. The van der Waals surface area contributed by atoms with E-state index in [4.69, 9.17) is 9.47 Å². The molecule has 0 spiro atoms. The predicted octanol–water partition coefficient (Wildman–Crippen LogP) is 3.63. The van der Waals surface area contributed by atoms with Crippen molar-refractivity contribution in [1.82, 2.24) is 9.80 Å². The maximum atomic E-state index is 5.37. The minimum atomic E-state index is 0.574. The number of benzene rings is 2. The molecule has 0 saturated carbocycles. The first-order chi connectivity index (χ1) is 13.8. The van der Waals surface area contributed by atoms with Crippen molar-refractivity contribution < 1.29 is 9.47 Å². The van der Waals surface area contributed by atoms with E-state index in [2.05, 4.69) is 64.4 Å². The zero-order valence-corrected chi connectivity index (χ0v) is 17.1. The summed E-state index contributed by atoms with van der Waals surface area (Å²) >= 11 is 0. The third-order valence-electron chi connectivity index (χ3n) is 6.51. The minimum Gasteiger partial charge on any atom is -0.497 e. The summed E-state index contributed by atoms with van der Waals surface area (Å²) in [5.74, 6) is 2.18. The first kappa shape index (κ1) is 19.4. The molecule has 0 unspecified atom stereocenters. The van der Waals surface area contributed by atoms with Gasteiger partial charge in [0.25, 0.3) is 0 Å². The van der Waals surface area contributed by atoms with Gasteiger partial charge in [-0.3, -0.25) is 4.90 Å². The second-order valence-corrected chi connectivity index (χ2v) is 8.11. The second kappa shape index (κ2) is 9.08. The van der Waals surface area contributed by atoms with Gasteiger partial charge in [-0.1, -0.05) is 42.5 Å². The van der Waals surface area contributed by atoms with Gasteiger partial charge >= 0.3 is 0 Å². The Balaban J connectivity index is 1.54. The number of methoxy groups -OCH3 is 2. The Morgan fingerprint density at radius 1 is 0.964 bits per heavy atom. The summed E-state index contributed by atoms with van der Waals surface area (Å²) in [5, 5.41) is 0. The molecule has 150 valence electrons. The highest BCUT2D eigenvalue weighted by atomic mass is 16.5. The minimum absolute atomic E-state index is 0.574. The van der Waals surface area contributed by atoms with Crippen molar-refractivity contribution in [3.8, 4) is 5.75 Å². The van der Waals surface area contributed by atoms with Crippen molar-refractivity contribution in [3.05, 3.63) is 65.7 Å². The standard InChI is InChI=1S/C24H32N2O2/c1-27-15-14-25-13-12-24-23(17-25)22(20-8-10-21(28-2)11-9-20)18-26(24)16-19-6-4-3-5-7-19/h3-11,22-24H,12-18H2,1-2H3/t22-,23-,24-/m1/s1. The van der Waals surface area contributed by atoms with Crippen LogP contribution in [0, 0.1) is 5.92 Å². The number of hydrogen-bond acceptors (Lipinski definition) is 4. The van der Waals surface area contributed by atoms with Gasteiger partial charge in [0, 0.05) is 45.2 Å². The van der Waals surface area contributed by atoms with E-state index in [9.17, 15) is 0 Å². The quantitative estimate of drug-likeness (QED) is 0.732. The molecule has 0 aliphatic carbocycles. The first-order valence-electron chi connectivity index (χ1n) is 10.4. The highest BCUT2D eigenvalue weighted by Gasteiger charge is 2.44. The van der Waals surface area contributed by atoms with E-state index in [1.807, 2.05) is 0 Å². The lowest BCUT2D eigenvalue weighted by atomic mass is 9.82. The van der Waals surface area contributed by atoms with E-state index in [0.29, 0.717) is 17.9 Å². The van der Waals surface area contributed by atoms with Crippen LogP contribution < -0.4 is 4.74 Å². The Kier molecular flexibility index (Phi) is 6.30. The molecule has 0 aromatic heterocycles. The molecule has 0 amide bonds. The molecule has 0 bridgehead atoms. The van der Waals surface area contributed by atoms with Crippen molar-refractivity contribution in [2.45, 2.75) is 24.9 Å². The third-order valence-corrected chi connectivity index (χ3v) is 6.51. The number of ether oxygens (including phenoxy) is 2. The summed E-state index contributed by atoms with van der Waals surface area (Å²) in [7, 11) is 3.53. The summed E-state index contributed by atoms with van der Waals surface area (Å²) in [6.07, 6.45) is 1.24. The monoisotopic (exact) mass is 380 g/mol. The SMILES string of the molecule is COCCN1CC[C@@H]2[C@H](C1)[C@@H](c1ccc(OC)cc1)CN2Cc1ccccc1. The zero-order chi connectivity index (χ0) is 19.3. The van der Waals surface area contributed by atoms with Gasteiger partial charge in [0.05, 0.1) is 13.7 Å². The summed E-state index contributed by atoms with van der Waals surface area (Å²) in [6.45, 7) is 6.37. The molecule has 0 radical (unpaired) electrons. The van der Waals surface area contributed by atoms with Crippen molar-refractivity contribution >= 4 is 0 Å². The maximum absolute atomic E-state index is 5.37. The molecular formula is C24H32N2O2. The molecule has 28 heavy (non-hydrogen) atoms. The van der Waals surface area contributed by atoms with Gasteiger partial charge < -0.3 is 14.4 Å². The predicted molar refractivity (Wildman–Crippen MR) is 113 cm³/mol. The number of rotatable bonds is 7. The third kappa shape index (κ3) is 4.24. The van der Waals surface area contributed by atoms with E-state index in [-0.39, 0.29) is 0 Å². The lowest BCUT2D eigenvalue weighted by molar-refractivity contribution is 0.0800. The van der Waals surface area contributed by atoms with Crippen LogP contribution in [0.3, 0.4) is 0 Å². The Hall–Kier alpha value is -1.88. The molecular weight excluding hydrogens is 348 g/mol. The molecule has 4 nitrogen and oxygen atoms in total. The van der Waals surface area contributed by atoms with Gasteiger partial charge in [-0.05, 0) is 42.1 Å². The van der Waals surface area contributed by atoms with Crippen LogP contribution in [0.15, 0.2) is 54.6 Å². The molecule has 4 heteroatoms. The van der Waals surface area contributed by atoms with Crippen LogP contribution in [0.25, 0.3) is 0 Å². The van der Waals surface area contributed by atoms with Crippen LogP contribution >= 0.6 is 0 Å². The highest BCUT2D eigenvalue weighted by Crippen LogP contribution is 2.42. The Labute approximate surface area is 169 Å². The molecule has 2 heterocycles. The van der Waals surface area contributed by atoms with Gasteiger partial charge in [0.1, 0.15) is 5.75 Å². The summed E-state index contributed by atoms with van der Waals surface area (Å²) in [5.41, 5.74) is 2.86. The topological polar surface area (TPSA) is 24.9 Å². The molecule has 4 rings (SSSR count). The molecule has 3 atom stereocenters. The largest absolute Gasteiger partial charge is 0.497 e. The van der Waals surface area contributed by atoms with Crippen molar-refractivity contribution in [2.75, 3.05) is 47.0 Å². The lowest BCUT2D eigenvalue weighted by Gasteiger charge is -2.39. The van der Waals surface area contributed by atoms with Crippen molar-refractivity contribution in [3.63, 3.8) is 0 Å². The van der Waals surface area contributed by atoms with Crippen molar-refractivity contribution in [1.29, 1.82) is 0 Å². The van der Waals surface area contributed by atoms with Gasteiger partial charge in [0.15, 0.2) is 0 Å². The van der Waals surface area contributed by atoms with Crippen LogP contribution in [0.1, 0.15) is 23.5 Å². The van der Waals surface area contributed by atoms with Crippen molar-refractivity contribution in [2.24, 2.45) is 5.92 Å². The normalized spacial score (nSPS) is 25.6.